The van der Waals surface area contributed by atoms with Gasteiger partial charge < -0.3 is 20.1 Å². The molecule has 0 aromatic heterocycles. The Labute approximate surface area is 221 Å². The fourth-order valence-electron chi connectivity index (χ4n) is 3.42. The van der Waals surface area contributed by atoms with Gasteiger partial charge in [0, 0.05) is 18.8 Å². The Kier molecular flexibility index (Phi) is 8.95. The zero-order valence-electron chi connectivity index (χ0n) is 21.5. The maximum Gasteiger partial charge on any atom is 0.407 e. The molecule has 0 heterocycles. The summed E-state index contributed by atoms with van der Waals surface area (Å²) in [4.78, 5) is 23.0. The molecule has 0 radical (unpaired) electrons. The molecule has 0 spiro atoms. The van der Waals surface area contributed by atoms with Gasteiger partial charge in [0.2, 0.25) is 0 Å². The number of amides is 1. The number of ether oxygens (including phenoxy) is 2. The van der Waals surface area contributed by atoms with E-state index in [0.29, 0.717) is 23.4 Å². The third-order valence-corrected chi connectivity index (χ3v) is 6.47. The van der Waals surface area contributed by atoms with Gasteiger partial charge in [0.05, 0.1) is 18.4 Å². The topological polar surface area (TPSA) is 123 Å². The van der Waals surface area contributed by atoms with Crippen LogP contribution in [0.4, 0.5) is 20.6 Å². The minimum atomic E-state index is -4.29. The van der Waals surface area contributed by atoms with Crippen LogP contribution in [0, 0.1) is 5.82 Å². The van der Waals surface area contributed by atoms with Crippen LogP contribution in [0.5, 0.6) is 0 Å². The quantitative estimate of drug-likeness (QED) is 0.256. The van der Waals surface area contributed by atoms with E-state index in [1.54, 1.807) is 57.2 Å². The number of rotatable bonds is 9. The molecule has 0 fully saturated rings. The van der Waals surface area contributed by atoms with E-state index >= 15 is 0 Å². The Morgan fingerprint density at radius 1 is 0.895 bits per heavy atom. The van der Waals surface area contributed by atoms with Gasteiger partial charge in [-0.2, -0.15) is 0 Å². The van der Waals surface area contributed by atoms with Gasteiger partial charge in [-0.15, -0.1) is 0 Å². The van der Waals surface area contributed by atoms with E-state index < -0.39 is 38.4 Å². The van der Waals surface area contributed by atoms with Crippen molar-refractivity contribution in [3.05, 3.63) is 78.1 Å². The second kappa shape index (κ2) is 12.0. The summed E-state index contributed by atoms with van der Waals surface area (Å²) in [5, 5.41) is 5.69. The Morgan fingerprint density at radius 3 is 2.29 bits per heavy atom. The molecule has 0 aliphatic heterocycles. The highest BCUT2D eigenvalue weighted by atomic mass is 32.2. The van der Waals surface area contributed by atoms with Crippen molar-refractivity contribution in [1.29, 1.82) is 0 Å². The maximum absolute atomic E-state index is 14.6. The molecular weight excluding hydrogens is 513 g/mol. The van der Waals surface area contributed by atoms with Crippen LogP contribution in [0.15, 0.2) is 71.6 Å². The van der Waals surface area contributed by atoms with Crippen molar-refractivity contribution in [3.63, 3.8) is 0 Å². The monoisotopic (exact) mass is 543 g/mol. The number of alkyl carbamates (subject to hydrolysis) is 1. The molecule has 0 aliphatic rings. The van der Waals surface area contributed by atoms with Crippen LogP contribution >= 0.6 is 0 Å². The first-order chi connectivity index (χ1) is 17.9. The molecule has 0 bridgehead atoms. The van der Waals surface area contributed by atoms with Gasteiger partial charge in [-0.1, -0.05) is 24.3 Å². The number of nitrogens with one attached hydrogen (secondary N) is 3. The van der Waals surface area contributed by atoms with Gasteiger partial charge in [0.15, 0.2) is 0 Å². The second-order valence-electron chi connectivity index (χ2n) is 9.26. The van der Waals surface area contributed by atoms with E-state index in [1.807, 2.05) is 0 Å². The Hall–Kier alpha value is -4.12. The maximum atomic E-state index is 14.6. The molecule has 0 saturated carbocycles. The van der Waals surface area contributed by atoms with E-state index in [4.69, 9.17) is 9.47 Å². The normalized spacial score (nSPS) is 11.4. The Balaban J connectivity index is 1.71. The van der Waals surface area contributed by atoms with E-state index in [-0.39, 0.29) is 17.8 Å². The number of sulfonamides is 1. The lowest BCUT2D eigenvalue weighted by Crippen LogP contribution is -2.35. The fourth-order valence-corrected chi connectivity index (χ4v) is 4.57. The van der Waals surface area contributed by atoms with Gasteiger partial charge in [0.1, 0.15) is 16.3 Å². The number of esters is 1. The molecule has 3 aromatic rings. The third kappa shape index (κ3) is 7.94. The Bertz CT molecular complexity index is 1420. The molecule has 0 atom stereocenters. The number of methoxy groups -OCH3 is 1. The minimum absolute atomic E-state index is 0.215. The number of carbonyl (C=O) groups is 2. The molecule has 9 nitrogen and oxygen atoms in total. The van der Waals surface area contributed by atoms with Gasteiger partial charge in [-0.05, 0) is 74.4 Å². The average molecular weight is 544 g/mol. The van der Waals surface area contributed by atoms with Crippen molar-refractivity contribution in [2.75, 3.05) is 30.2 Å². The smallest absolute Gasteiger partial charge is 0.407 e. The van der Waals surface area contributed by atoms with Gasteiger partial charge in [-0.3, -0.25) is 4.72 Å². The number of hydrogen-bond donors (Lipinski definition) is 3. The number of benzene rings is 3. The fraction of sp³-hybridized carbons (Fsp3) is 0.259. The number of halogens is 1. The van der Waals surface area contributed by atoms with Crippen molar-refractivity contribution in [1.82, 2.24) is 5.32 Å². The van der Waals surface area contributed by atoms with Gasteiger partial charge in [0.25, 0.3) is 10.0 Å². The Morgan fingerprint density at radius 2 is 1.58 bits per heavy atom. The minimum Gasteiger partial charge on any atom is -0.465 e. The predicted octanol–water partition coefficient (Wildman–Crippen LogP) is 5.02. The van der Waals surface area contributed by atoms with Crippen molar-refractivity contribution in [2.45, 2.75) is 31.3 Å². The van der Waals surface area contributed by atoms with E-state index in [1.165, 1.54) is 31.4 Å². The highest BCUT2D eigenvalue weighted by Gasteiger charge is 2.21. The molecule has 0 saturated heterocycles. The zero-order chi connectivity index (χ0) is 27.9. The summed E-state index contributed by atoms with van der Waals surface area (Å²) in [7, 11) is -3.04. The second-order valence-corrected chi connectivity index (χ2v) is 10.9. The van der Waals surface area contributed by atoms with Gasteiger partial charge in [-0.25, -0.2) is 22.4 Å². The van der Waals surface area contributed by atoms with Crippen LogP contribution in [0.3, 0.4) is 0 Å². The summed E-state index contributed by atoms with van der Waals surface area (Å²) in [5.74, 6) is -1.47. The standard InChI is InChI=1S/C27H30FN3O6S/c1-27(2,3)37-26(33)30-14-13-29-21-9-6-10-22(17-21)31-38(34,35)24-16-19(11-12-23(24)28)18-7-5-8-20(15-18)25(32)36-4/h5-12,15-17,29,31H,13-14H2,1-4H3,(H,30,33). The van der Waals surface area contributed by atoms with Crippen molar-refractivity contribution in [3.8, 4) is 11.1 Å². The largest absolute Gasteiger partial charge is 0.465 e. The molecule has 38 heavy (non-hydrogen) atoms. The summed E-state index contributed by atoms with van der Waals surface area (Å²) >= 11 is 0. The lowest BCUT2D eigenvalue weighted by molar-refractivity contribution is 0.0528. The lowest BCUT2D eigenvalue weighted by Gasteiger charge is -2.19. The molecule has 0 aliphatic carbocycles. The molecule has 3 rings (SSSR count). The molecule has 11 heteroatoms. The molecule has 1 amide bonds. The SMILES string of the molecule is COC(=O)c1cccc(-c2ccc(F)c(S(=O)(=O)Nc3cccc(NCCNC(=O)OC(C)(C)C)c3)c2)c1. The molecule has 3 aromatic carbocycles. The zero-order valence-corrected chi connectivity index (χ0v) is 22.3. The first kappa shape index (κ1) is 28.5. The molecule has 0 unspecified atom stereocenters. The highest BCUT2D eigenvalue weighted by molar-refractivity contribution is 7.92. The first-order valence-electron chi connectivity index (χ1n) is 11.7. The summed E-state index contributed by atoms with van der Waals surface area (Å²) in [6.07, 6.45) is -0.540. The van der Waals surface area contributed by atoms with Crippen LogP contribution < -0.4 is 15.4 Å². The summed E-state index contributed by atoms with van der Waals surface area (Å²) < 4.78 is 53.1. The average Bonchev–Trinajstić information content (AvgIpc) is 2.85. The molecule has 202 valence electrons. The van der Waals surface area contributed by atoms with E-state index in [9.17, 15) is 22.4 Å². The van der Waals surface area contributed by atoms with Crippen LogP contribution in [0.25, 0.3) is 11.1 Å². The number of anilines is 2. The van der Waals surface area contributed by atoms with Crippen molar-refractivity contribution >= 4 is 33.5 Å². The van der Waals surface area contributed by atoms with Crippen LogP contribution in [0.2, 0.25) is 0 Å². The highest BCUT2D eigenvalue weighted by Crippen LogP contribution is 2.27. The van der Waals surface area contributed by atoms with Crippen LogP contribution in [0.1, 0.15) is 31.1 Å². The molecule has 3 N–H and O–H groups in total. The van der Waals surface area contributed by atoms with E-state index in [0.717, 1.165) is 6.07 Å². The van der Waals surface area contributed by atoms with Crippen molar-refractivity contribution < 1.29 is 31.9 Å². The number of hydrogen-bond acceptors (Lipinski definition) is 7. The van der Waals surface area contributed by atoms with E-state index in [2.05, 4.69) is 15.4 Å². The first-order valence-corrected chi connectivity index (χ1v) is 13.2. The summed E-state index contributed by atoms with van der Waals surface area (Å²) in [5.41, 5.74) is 1.41. The predicted molar refractivity (Wildman–Crippen MR) is 143 cm³/mol. The van der Waals surface area contributed by atoms with Crippen molar-refractivity contribution in [2.24, 2.45) is 0 Å². The van der Waals surface area contributed by atoms with Crippen LogP contribution in [-0.2, 0) is 19.5 Å². The van der Waals surface area contributed by atoms with Crippen LogP contribution in [-0.4, -0.2) is 46.3 Å². The lowest BCUT2D eigenvalue weighted by atomic mass is 10.0. The third-order valence-electron chi connectivity index (χ3n) is 5.07. The summed E-state index contributed by atoms with van der Waals surface area (Å²) in [6, 6.07) is 16.5. The summed E-state index contributed by atoms with van der Waals surface area (Å²) in [6.45, 7) is 5.93. The molecular formula is C27H30FN3O6S. The van der Waals surface area contributed by atoms with Gasteiger partial charge >= 0.3 is 12.1 Å². The number of carbonyl (C=O) groups excluding carboxylic acids is 2.